The van der Waals surface area contributed by atoms with Crippen LogP contribution in [0.5, 0.6) is 11.5 Å². The normalized spacial score (nSPS) is 10.3. The Hall–Kier alpha value is -2.07. The van der Waals surface area contributed by atoms with Gasteiger partial charge in [-0.25, -0.2) is 4.39 Å². The molecule has 0 amide bonds. The van der Waals surface area contributed by atoms with E-state index in [1.807, 2.05) is 18.2 Å². The van der Waals surface area contributed by atoms with Crippen LogP contribution in [0.15, 0.2) is 36.4 Å². The molecule has 19 heavy (non-hydrogen) atoms. The van der Waals surface area contributed by atoms with Crippen molar-refractivity contribution < 1.29 is 13.9 Å². The molecule has 0 aliphatic rings. The van der Waals surface area contributed by atoms with Crippen LogP contribution in [-0.2, 0) is 6.54 Å². The molecule has 100 valence electrons. The maximum Gasteiger partial charge on any atom is 0.161 e. The molecule has 0 atom stereocenters. The van der Waals surface area contributed by atoms with Gasteiger partial charge in [0, 0.05) is 12.1 Å². The summed E-state index contributed by atoms with van der Waals surface area (Å²) in [5.41, 5.74) is 7.59. The van der Waals surface area contributed by atoms with Gasteiger partial charge in [-0.05, 0) is 29.3 Å². The molecular formula is C15H16FNO2. The highest BCUT2D eigenvalue weighted by molar-refractivity contribution is 5.67. The minimum absolute atomic E-state index is 0.193. The maximum absolute atomic E-state index is 13.7. The van der Waals surface area contributed by atoms with Crippen molar-refractivity contribution >= 4 is 0 Å². The number of hydrogen-bond donors (Lipinski definition) is 1. The van der Waals surface area contributed by atoms with Crippen LogP contribution >= 0.6 is 0 Å². The smallest absolute Gasteiger partial charge is 0.161 e. The van der Waals surface area contributed by atoms with E-state index in [2.05, 4.69) is 0 Å². The average molecular weight is 261 g/mol. The van der Waals surface area contributed by atoms with Crippen molar-refractivity contribution in [3.63, 3.8) is 0 Å². The predicted molar refractivity (Wildman–Crippen MR) is 72.8 cm³/mol. The highest BCUT2D eigenvalue weighted by Crippen LogP contribution is 2.32. The summed E-state index contributed by atoms with van der Waals surface area (Å²) < 4.78 is 24.1. The molecule has 0 aliphatic heterocycles. The fraction of sp³-hybridized carbons (Fsp3) is 0.200. The summed E-state index contributed by atoms with van der Waals surface area (Å²) in [7, 11) is 3.15. The van der Waals surface area contributed by atoms with Crippen molar-refractivity contribution in [2.75, 3.05) is 14.2 Å². The summed E-state index contributed by atoms with van der Waals surface area (Å²) in [6, 6.07) is 10.5. The largest absolute Gasteiger partial charge is 0.493 e. The molecular weight excluding hydrogens is 245 g/mol. The van der Waals surface area contributed by atoms with E-state index in [0.717, 1.165) is 11.1 Å². The van der Waals surface area contributed by atoms with Crippen molar-refractivity contribution in [1.82, 2.24) is 0 Å². The lowest BCUT2D eigenvalue weighted by Gasteiger charge is -2.10. The van der Waals surface area contributed by atoms with Crippen molar-refractivity contribution in [3.05, 3.63) is 47.8 Å². The van der Waals surface area contributed by atoms with Crippen LogP contribution in [0, 0.1) is 5.82 Å². The molecule has 0 fully saturated rings. The Balaban J connectivity index is 2.44. The first-order valence-electron chi connectivity index (χ1n) is 5.90. The summed E-state index contributed by atoms with van der Waals surface area (Å²) in [5.74, 6) is 0.961. The summed E-state index contributed by atoms with van der Waals surface area (Å²) in [4.78, 5) is 0. The SMILES string of the molecule is COc1ccc(-c2ccc(CN)c(F)c2)cc1OC. The van der Waals surface area contributed by atoms with Gasteiger partial charge in [0.1, 0.15) is 5.82 Å². The number of rotatable bonds is 4. The third-order valence-corrected chi connectivity index (χ3v) is 2.99. The zero-order valence-electron chi connectivity index (χ0n) is 10.9. The van der Waals surface area contributed by atoms with Crippen LogP contribution in [0.25, 0.3) is 11.1 Å². The molecule has 0 heterocycles. The highest BCUT2D eigenvalue weighted by Gasteiger charge is 2.08. The second-order valence-electron chi connectivity index (χ2n) is 4.08. The van der Waals surface area contributed by atoms with Gasteiger partial charge in [0.05, 0.1) is 14.2 Å². The van der Waals surface area contributed by atoms with Gasteiger partial charge in [0.25, 0.3) is 0 Å². The number of benzene rings is 2. The summed E-state index contributed by atoms with van der Waals surface area (Å²) >= 11 is 0. The molecule has 4 heteroatoms. The van der Waals surface area contributed by atoms with E-state index in [4.69, 9.17) is 15.2 Å². The van der Waals surface area contributed by atoms with Crippen LogP contribution in [-0.4, -0.2) is 14.2 Å². The van der Waals surface area contributed by atoms with Crippen LogP contribution in [0.2, 0.25) is 0 Å². The quantitative estimate of drug-likeness (QED) is 0.920. The third-order valence-electron chi connectivity index (χ3n) is 2.99. The van der Waals surface area contributed by atoms with E-state index < -0.39 is 0 Å². The fourth-order valence-corrected chi connectivity index (χ4v) is 1.91. The van der Waals surface area contributed by atoms with E-state index in [1.54, 1.807) is 26.4 Å². The Morgan fingerprint density at radius 3 is 2.16 bits per heavy atom. The first-order valence-corrected chi connectivity index (χ1v) is 5.90. The van der Waals surface area contributed by atoms with E-state index in [9.17, 15) is 4.39 Å². The first-order chi connectivity index (χ1) is 9.19. The standard InChI is InChI=1S/C15H16FNO2/c1-18-14-6-5-11(8-15(14)19-2)10-3-4-12(9-17)13(16)7-10/h3-8H,9,17H2,1-2H3. The predicted octanol–water partition coefficient (Wildman–Crippen LogP) is 2.97. The van der Waals surface area contributed by atoms with Gasteiger partial charge >= 0.3 is 0 Å². The molecule has 0 radical (unpaired) electrons. The van der Waals surface area contributed by atoms with E-state index in [-0.39, 0.29) is 12.4 Å². The molecule has 2 aromatic carbocycles. The van der Waals surface area contributed by atoms with E-state index in [0.29, 0.717) is 17.1 Å². The molecule has 0 aromatic heterocycles. The maximum atomic E-state index is 13.7. The zero-order chi connectivity index (χ0) is 13.8. The minimum atomic E-state index is -0.296. The molecule has 3 nitrogen and oxygen atoms in total. The number of nitrogens with two attached hydrogens (primary N) is 1. The Kier molecular flexibility index (Phi) is 4.02. The number of ether oxygens (including phenoxy) is 2. The zero-order valence-corrected chi connectivity index (χ0v) is 10.9. The van der Waals surface area contributed by atoms with E-state index in [1.165, 1.54) is 6.07 Å². The van der Waals surface area contributed by atoms with Crippen LogP contribution in [0.1, 0.15) is 5.56 Å². The summed E-state index contributed by atoms with van der Waals surface area (Å²) in [6.07, 6.45) is 0. The van der Waals surface area contributed by atoms with Gasteiger partial charge in [0.2, 0.25) is 0 Å². The fourth-order valence-electron chi connectivity index (χ4n) is 1.91. The van der Waals surface area contributed by atoms with Crippen molar-refractivity contribution in [2.45, 2.75) is 6.54 Å². The van der Waals surface area contributed by atoms with Gasteiger partial charge in [-0.1, -0.05) is 18.2 Å². The number of halogens is 1. The number of hydrogen-bond acceptors (Lipinski definition) is 3. The van der Waals surface area contributed by atoms with Crippen LogP contribution in [0.3, 0.4) is 0 Å². The Bertz CT molecular complexity index is 584. The van der Waals surface area contributed by atoms with Gasteiger partial charge in [0.15, 0.2) is 11.5 Å². The van der Waals surface area contributed by atoms with Gasteiger partial charge in [-0.15, -0.1) is 0 Å². The Labute approximate surface area is 111 Å². The van der Waals surface area contributed by atoms with Crippen molar-refractivity contribution in [3.8, 4) is 22.6 Å². The second-order valence-corrected chi connectivity index (χ2v) is 4.08. The first kappa shape index (κ1) is 13.4. The summed E-state index contributed by atoms with van der Waals surface area (Å²) in [5, 5.41) is 0. The van der Waals surface area contributed by atoms with Gasteiger partial charge in [-0.3, -0.25) is 0 Å². The lowest BCUT2D eigenvalue weighted by molar-refractivity contribution is 0.355. The van der Waals surface area contributed by atoms with Crippen LogP contribution < -0.4 is 15.2 Å². The molecule has 0 bridgehead atoms. The molecule has 2 aromatic rings. The highest BCUT2D eigenvalue weighted by atomic mass is 19.1. The molecule has 0 spiro atoms. The second kappa shape index (κ2) is 5.71. The average Bonchev–Trinajstić information content (AvgIpc) is 2.46. The third kappa shape index (κ3) is 2.69. The lowest BCUT2D eigenvalue weighted by atomic mass is 10.0. The Morgan fingerprint density at radius 1 is 0.947 bits per heavy atom. The molecule has 0 saturated carbocycles. The van der Waals surface area contributed by atoms with E-state index >= 15 is 0 Å². The lowest BCUT2D eigenvalue weighted by Crippen LogP contribution is -1.99. The topological polar surface area (TPSA) is 44.5 Å². The molecule has 0 aliphatic carbocycles. The summed E-state index contributed by atoms with van der Waals surface area (Å²) in [6.45, 7) is 0.193. The van der Waals surface area contributed by atoms with Gasteiger partial charge in [-0.2, -0.15) is 0 Å². The van der Waals surface area contributed by atoms with Crippen molar-refractivity contribution in [2.24, 2.45) is 5.73 Å². The Morgan fingerprint density at radius 2 is 1.58 bits per heavy atom. The number of methoxy groups -OCH3 is 2. The molecule has 2 rings (SSSR count). The minimum Gasteiger partial charge on any atom is -0.493 e. The van der Waals surface area contributed by atoms with Crippen molar-refractivity contribution in [1.29, 1.82) is 0 Å². The van der Waals surface area contributed by atoms with Gasteiger partial charge < -0.3 is 15.2 Å². The molecule has 2 N–H and O–H groups in total. The molecule has 0 saturated heterocycles. The van der Waals surface area contributed by atoms with Crippen LogP contribution in [0.4, 0.5) is 4.39 Å². The molecule has 0 unspecified atom stereocenters. The monoisotopic (exact) mass is 261 g/mol.